The molecule has 46 valence electrons. The van der Waals surface area contributed by atoms with Gasteiger partial charge in [-0.3, -0.25) is 4.98 Å². The lowest BCUT2D eigenvalue weighted by molar-refractivity contribution is 1.15. The Morgan fingerprint density at radius 3 is 2.22 bits per heavy atom. The number of nitrogens with zero attached hydrogens (tertiary/aromatic N) is 3. The fourth-order valence-corrected chi connectivity index (χ4v) is 0.448. The maximum Gasteiger partial charge on any atom is 0.0372 e. The van der Waals surface area contributed by atoms with Crippen molar-refractivity contribution >= 4 is 0 Å². The highest BCUT2D eigenvalue weighted by atomic mass is 14.6. The molecule has 3 heteroatoms. The van der Waals surface area contributed by atoms with Crippen LogP contribution in [0.15, 0.2) is 24.4 Å². The van der Waals surface area contributed by atoms with Gasteiger partial charge in [0.05, 0.1) is 0 Å². The summed E-state index contributed by atoms with van der Waals surface area (Å²) in [5.74, 6) is 0. The Morgan fingerprint density at radius 2 is 2.00 bits per heavy atom. The van der Waals surface area contributed by atoms with E-state index in [1.54, 1.807) is 6.20 Å². The van der Waals surface area contributed by atoms with Crippen molar-refractivity contribution in [2.45, 2.75) is 6.92 Å². The van der Waals surface area contributed by atoms with Gasteiger partial charge in [0.15, 0.2) is 0 Å². The highest BCUT2D eigenvalue weighted by Crippen LogP contribution is 1.85. The molecule has 3 nitrogen and oxygen atoms in total. The summed E-state index contributed by atoms with van der Waals surface area (Å²) in [4.78, 5) is 3.98. The van der Waals surface area contributed by atoms with Crippen LogP contribution in [0.25, 0.3) is 0 Å². The van der Waals surface area contributed by atoms with Crippen molar-refractivity contribution < 1.29 is 0 Å². The number of aromatic nitrogens is 1. The molecule has 0 fully saturated rings. The lowest BCUT2D eigenvalue weighted by Gasteiger charge is -1.82. The number of pyridine rings is 1. The molecule has 0 aliphatic heterocycles. The molecule has 0 saturated carbocycles. The lowest BCUT2D eigenvalue weighted by atomic mass is 10.4. The molecular weight excluding hydrogens is 114 g/mol. The van der Waals surface area contributed by atoms with Gasteiger partial charge in [-0.25, -0.2) is 0 Å². The van der Waals surface area contributed by atoms with E-state index in [-0.39, 0.29) is 0 Å². The maximum atomic E-state index is 6.00. The second kappa shape index (κ2) is 4.72. The second-order valence-corrected chi connectivity index (χ2v) is 1.47. The SMILES string of the molecule is Cc1ccccn1.N#N. The summed E-state index contributed by atoms with van der Waals surface area (Å²) < 4.78 is 0. The first-order valence-corrected chi connectivity index (χ1v) is 2.47. The Hall–Kier alpha value is -1.43. The molecule has 0 aliphatic rings. The van der Waals surface area contributed by atoms with Crippen molar-refractivity contribution in [3.8, 4) is 0 Å². The Bertz CT molecular complexity index is 168. The first kappa shape index (κ1) is 7.57. The molecular formula is C6H7N3. The van der Waals surface area contributed by atoms with Crippen LogP contribution in [0, 0.1) is 17.7 Å². The summed E-state index contributed by atoms with van der Waals surface area (Å²) >= 11 is 0. The van der Waals surface area contributed by atoms with Crippen LogP contribution in [-0.4, -0.2) is 4.98 Å². The summed E-state index contributed by atoms with van der Waals surface area (Å²) in [5, 5.41) is 12.0. The van der Waals surface area contributed by atoms with Crippen LogP contribution < -0.4 is 0 Å². The minimum Gasteiger partial charge on any atom is -0.262 e. The van der Waals surface area contributed by atoms with E-state index in [0.29, 0.717) is 0 Å². The van der Waals surface area contributed by atoms with E-state index >= 15 is 0 Å². The van der Waals surface area contributed by atoms with Crippen molar-refractivity contribution in [2.75, 3.05) is 0 Å². The van der Waals surface area contributed by atoms with E-state index in [1.807, 2.05) is 25.1 Å². The minimum atomic E-state index is 1.07. The third-order valence-electron chi connectivity index (χ3n) is 0.813. The molecule has 1 aromatic rings. The minimum absolute atomic E-state index is 1.07. The van der Waals surface area contributed by atoms with Crippen molar-refractivity contribution in [3.63, 3.8) is 0 Å². The van der Waals surface area contributed by atoms with E-state index in [1.165, 1.54) is 0 Å². The van der Waals surface area contributed by atoms with Crippen molar-refractivity contribution in [1.82, 2.24) is 4.98 Å². The molecule has 1 aromatic heterocycles. The standard InChI is InChI=1S/C6H7N.N2/c1-6-4-2-3-5-7-6;1-2/h2-5H,1H3;. The Morgan fingerprint density at radius 1 is 1.33 bits per heavy atom. The van der Waals surface area contributed by atoms with Crippen molar-refractivity contribution in [2.24, 2.45) is 0 Å². The number of aryl methyl sites for hydroxylation is 1. The zero-order valence-electron chi connectivity index (χ0n) is 5.15. The zero-order chi connectivity index (χ0) is 7.11. The highest BCUT2D eigenvalue weighted by molar-refractivity contribution is 4.99. The van der Waals surface area contributed by atoms with Gasteiger partial charge in [0.1, 0.15) is 0 Å². The van der Waals surface area contributed by atoms with E-state index in [0.717, 1.165) is 5.69 Å². The van der Waals surface area contributed by atoms with Crippen LogP contribution in [0.1, 0.15) is 5.69 Å². The van der Waals surface area contributed by atoms with Crippen LogP contribution >= 0.6 is 0 Å². The molecule has 1 rings (SSSR count). The summed E-state index contributed by atoms with van der Waals surface area (Å²) in [6, 6.07) is 5.86. The average Bonchev–Trinajstić information content (AvgIpc) is 1.94. The topological polar surface area (TPSA) is 60.5 Å². The van der Waals surface area contributed by atoms with Gasteiger partial charge in [-0.05, 0) is 19.1 Å². The molecule has 0 N–H and O–H groups in total. The maximum absolute atomic E-state index is 6.00. The third kappa shape index (κ3) is 3.18. The molecule has 0 amide bonds. The van der Waals surface area contributed by atoms with E-state index in [9.17, 15) is 0 Å². The van der Waals surface area contributed by atoms with Crippen molar-refractivity contribution in [3.05, 3.63) is 30.1 Å². The van der Waals surface area contributed by atoms with Gasteiger partial charge in [-0.15, -0.1) is 0 Å². The normalized spacial score (nSPS) is 7.00. The number of rotatable bonds is 0. The van der Waals surface area contributed by atoms with Gasteiger partial charge in [0.2, 0.25) is 0 Å². The number of hydrogen-bond donors (Lipinski definition) is 0. The van der Waals surface area contributed by atoms with Crippen LogP contribution in [-0.2, 0) is 0 Å². The van der Waals surface area contributed by atoms with Gasteiger partial charge in [0.25, 0.3) is 0 Å². The van der Waals surface area contributed by atoms with Gasteiger partial charge in [0, 0.05) is 22.7 Å². The molecule has 0 atom stereocenters. The second-order valence-electron chi connectivity index (χ2n) is 1.47. The first-order chi connectivity index (χ1) is 4.39. The Balaban J connectivity index is 0.000000291. The molecule has 9 heavy (non-hydrogen) atoms. The molecule has 0 aromatic carbocycles. The van der Waals surface area contributed by atoms with Gasteiger partial charge in [-0.1, -0.05) is 6.07 Å². The van der Waals surface area contributed by atoms with Crippen LogP contribution in [0.3, 0.4) is 0 Å². The molecule has 0 spiro atoms. The highest BCUT2D eigenvalue weighted by Gasteiger charge is 1.73. The summed E-state index contributed by atoms with van der Waals surface area (Å²) in [6.45, 7) is 1.97. The van der Waals surface area contributed by atoms with Crippen LogP contribution in [0.5, 0.6) is 0 Å². The Labute approximate surface area is 53.8 Å². The van der Waals surface area contributed by atoms with Gasteiger partial charge in [-0.2, -0.15) is 0 Å². The monoisotopic (exact) mass is 121 g/mol. The van der Waals surface area contributed by atoms with E-state index < -0.39 is 0 Å². The summed E-state index contributed by atoms with van der Waals surface area (Å²) in [5.41, 5.74) is 1.07. The molecule has 0 radical (unpaired) electrons. The van der Waals surface area contributed by atoms with Crippen LogP contribution in [0.2, 0.25) is 0 Å². The van der Waals surface area contributed by atoms with Crippen LogP contribution in [0.4, 0.5) is 0 Å². The average molecular weight is 121 g/mol. The molecule has 0 saturated heterocycles. The lowest BCUT2D eigenvalue weighted by Crippen LogP contribution is -1.72. The smallest absolute Gasteiger partial charge is 0.0372 e. The van der Waals surface area contributed by atoms with Gasteiger partial charge >= 0.3 is 0 Å². The molecule has 0 aliphatic carbocycles. The van der Waals surface area contributed by atoms with Crippen molar-refractivity contribution in [1.29, 1.82) is 10.8 Å². The first-order valence-electron chi connectivity index (χ1n) is 2.47. The molecule has 0 bridgehead atoms. The molecule has 1 heterocycles. The summed E-state index contributed by atoms with van der Waals surface area (Å²) in [7, 11) is 0. The summed E-state index contributed by atoms with van der Waals surface area (Å²) in [6.07, 6.45) is 1.79. The number of hydrogen-bond acceptors (Lipinski definition) is 3. The van der Waals surface area contributed by atoms with E-state index in [4.69, 9.17) is 10.8 Å². The predicted octanol–water partition coefficient (Wildman–Crippen LogP) is 1.42. The fraction of sp³-hybridized carbons (Fsp3) is 0.167. The quantitative estimate of drug-likeness (QED) is 0.487. The predicted molar refractivity (Wildman–Crippen MR) is 32.4 cm³/mol. The Kier molecular flexibility index (Phi) is 3.97. The molecule has 0 unspecified atom stereocenters. The third-order valence-corrected chi connectivity index (χ3v) is 0.813. The van der Waals surface area contributed by atoms with E-state index in [2.05, 4.69) is 4.98 Å². The fourth-order valence-electron chi connectivity index (χ4n) is 0.448. The largest absolute Gasteiger partial charge is 0.262 e. The van der Waals surface area contributed by atoms with Gasteiger partial charge < -0.3 is 0 Å². The zero-order valence-corrected chi connectivity index (χ0v) is 5.15.